The Morgan fingerprint density at radius 3 is 2.44 bits per heavy atom. The number of allylic oxidation sites excluding steroid dienone is 1. The Labute approximate surface area is 148 Å². The van der Waals surface area contributed by atoms with Crippen LogP contribution < -0.4 is 4.31 Å². The van der Waals surface area contributed by atoms with Crippen molar-refractivity contribution in [2.24, 2.45) is 0 Å². The summed E-state index contributed by atoms with van der Waals surface area (Å²) in [5.74, 6) is 0. The topological polar surface area (TPSA) is 37.4 Å². The molecule has 126 valence electrons. The van der Waals surface area contributed by atoms with Crippen LogP contribution in [0.4, 0.5) is 5.69 Å². The quantitative estimate of drug-likeness (QED) is 0.641. The molecule has 1 aliphatic rings. The van der Waals surface area contributed by atoms with Crippen LogP contribution in [-0.4, -0.2) is 15.0 Å². The van der Waals surface area contributed by atoms with Crippen LogP contribution in [0.25, 0.3) is 10.8 Å². The minimum atomic E-state index is -3.62. The van der Waals surface area contributed by atoms with E-state index in [9.17, 15) is 8.42 Å². The lowest BCUT2D eigenvalue weighted by Gasteiger charge is -2.26. The van der Waals surface area contributed by atoms with Crippen LogP contribution in [0, 0.1) is 6.92 Å². The monoisotopic (exact) mass is 349 g/mol. The molecule has 0 N–H and O–H groups in total. The molecule has 0 unspecified atom stereocenters. The number of hydrogen-bond donors (Lipinski definition) is 0. The number of fused-ring (bicyclic) bond motifs is 3. The van der Waals surface area contributed by atoms with E-state index in [1.807, 2.05) is 61.5 Å². The number of benzene rings is 3. The highest BCUT2D eigenvalue weighted by molar-refractivity contribution is 7.92. The summed E-state index contributed by atoms with van der Waals surface area (Å²) in [7, 11) is -3.62. The largest absolute Gasteiger partial charge is 0.264 e. The average Bonchev–Trinajstić information content (AvgIpc) is 2.85. The van der Waals surface area contributed by atoms with Gasteiger partial charge in [-0.25, -0.2) is 8.42 Å². The highest BCUT2D eigenvalue weighted by Gasteiger charge is 2.28. The number of hydrogen-bond acceptors (Lipinski definition) is 2. The third-order valence-corrected chi connectivity index (χ3v) is 6.40. The van der Waals surface area contributed by atoms with Gasteiger partial charge in [0, 0.05) is 5.39 Å². The molecule has 4 heteroatoms. The van der Waals surface area contributed by atoms with Gasteiger partial charge in [-0.15, -0.1) is 0 Å². The molecule has 1 aliphatic heterocycles. The summed E-state index contributed by atoms with van der Waals surface area (Å²) in [6, 6.07) is 19.1. The van der Waals surface area contributed by atoms with Crippen molar-refractivity contribution in [3.63, 3.8) is 0 Å². The summed E-state index contributed by atoms with van der Waals surface area (Å²) in [4.78, 5) is 0.326. The van der Waals surface area contributed by atoms with Crippen LogP contribution in [0.5, 0.6) is 0 Å². The first-order valence-corrected chi connectivity index (χ1v) is 9.76. The summed E-state index contributed by atoms with van der Waals surface area (Å²) in [6.45, 7) is 2.30. The standard InChI is InChI=1S/C21H19NO2S/c1-16-9-13-19(14-10-16)25(23,24)22-15-5-4-7-18-12-11-17-6-2-3-8-20(17)21(18)22/h2-6,8-14H,7,15H2,1H3. The molecule has 0 saturated heterocycles. The molecule has 0 atom stereocenters. The van der Waals surface area contributed by atoms with E-state index in [0.29, 0.717) is 11.4 Å². The smallest absolute Gasteiger partial charge is 0.262 e. The summed E-state index contributed by atoms with van der Waals surface area (Å²) in [5.41, 5.74) is 2.87. The van der Waals surface area contributed by atoms with Gasteiger partial charge in [-0.1, -0.05) is 66.2 Å². The van der Waals surface area contributed by atoms with Gasteiger partial charge in [-0.3, -0.25) is 4.31 Å². The molecule has 0 spiro atoms. The first kappa shape index (κ1) is 15.9. The fraction of sp³-hybridized carbons (Fsp3) is 0.143. The van der Waals surface area contributed by atoms with Crippen LogP contribution in [-0.2, 0) is 16.4 Å². The number of aryl methyl sites for hydroxylation is 1. The van der Waals surface area contributed by atoms with Gasteiger partial charge in [-0.05, 0) is 36.4 Å². The van der Waals surface area contributed by atoms with Gasteiger partial charge in [0.15, 0.2) is 0 Å². The van der Waals surface area contributed by atoms with Crippen molar-refractivity contribution in [2.75, 3.05) is 10.8 Å². The van der Waals surface area contributed by atoms with E-state index in [4.69, 9.17) is 0 Å². The first-order valence-electron chi connectivity index (χ1n) is 8.32. The van der Waals surface area contributed by atoms with E-state index in [1.54, 1.807) is 16.4 Å². The summed E-state index contributed by atoms with van der Waals surface area (Å²) in [5, 5.41) is 2.02. The molecule has 3 aromatic rings. The molecule has 3 aromatic carbocycles. The Bertz CT molecular complexity index is 1070. The van der Waals surface area contributed by atoms with E-state index < -0.39 is 10.0 Å². The predicted octanol–water partition coefficient (Wildman–Crippen LogP) is 4.46. The zero-order valence-electron chi connectivity index (χ0n) is 14.0. The molecular formula is C21H19NO2S. The van der Waals surface area contributed by atoms with Gasteiger partial charge in [-0.2, -0.15) is 0 Å². The fourth-order valence-electron chi connectivity index (χ4n) is 3.29. The van der Waals surface area contributed by atoms with Crippen LogP contribution >= 0.6 is 0 Å². The fourth-order valence-corrected chi connectivity index (χ4v) is 4.76. The van der Waals surface area contributed by atoms with Crippen LogP contribution in [0.1, 0.15) is 11.1 Å². The van der Waals surface area contributed by atoms with Crippen LogP contribution in [0.2, 0.25) is 0 Å². The van der Waals surface area contributed by atoms with E-state index in [0.717, 1.165) is 34.0 Å². The second kappa shape index (κ2) is 6.05. The van der Waals surface area contributed by atoms with Gasteiger partial charge < -0.3 is 0 Å². The van der Waals surface area contributed by atoms with E-state index in [2.05, 4.69) is 6.07 Å². The second-order valence-corrected chi connectivity index (χ2v) is 8.18. The van der Waals surface area contributed by atoms with Crippen molar-refractivity contribution in [1.29, 1.82) is 0 Å². The number of sulfonamides is 1. The maximum atomic E-state index is 13.3. The number of rotatable bonds is 2. The van der Waals surface area contributed by atoms with Gasteiger partial charge in [0.1, 0.15) is 0 Å². The Hall–Kier alpha value is -2.59. The molecular weight excluding hydrogens is 330 g/mol. The van der Waals surface area contributed by atoms with Crippen molar-refractivity contribution in [3.05, 3.63) is 83.9 Å². The highest BCUT2D eigenvalue weighted by atomic mass is 32.2. The molecule has 0 saturated carbocycles. The molecule has 0 fully saturated rings. The average molecular weight is 349 g/mol. The van der Waals surface area contributed by atoms with Gasteiger partial charge >= 0.3 is 0 Å². The molecule has 0 aliphatic carbocycles. The highest BCUT2D eigenvalue weighted by Crippen LogP contribution is 2.36. The van der Waals surface area contributed by atoms with Crippen LogP contribution in [0.3, 0.4) is 0 Å². The predicted molar refractivity (Wildman–Crippen MR) is 103 cm³/mol. The lowest BCUT2D eigenvalue weighted by Crippen LogP contribution is -2.31. The van der Waals surface area contributed by atoms with E-state index in [1.165, 1.54) is 0 Å². The first-order chi connectivity index (χ1) is 12.1. The van der Waals surface area contributed by atoms with E-state index in [-0.39, 0.29) is 0 Å². The lowest BCUT2D eigenvalue weighted by molar-refractivity contribution is 0.593. The second-order valence-electron chi connectivity index (χ2n) is 6.32. The van der Waals surface area contributed by atoms with E-state index >= 15 is 0 Å². The van der Waals surface area contributed by atoms with Gasteiger partial charge in [0.25, 0.3) is 10.0 Å². The Morgan fingerprint density at radius 2 is 1.64 bits per heavy atom. The third-order valence-electron chi connectivity index (χ3n) is 4.62. The Kier molecular flexibility index (Phi) is 3.85. The maximum Gasteiger partial charge on any atom is 0.264 e. The van der Waals surface area contributed by atoms with Gasteiger partial charge in [0.05, 0.1) is 17.1 Å². The normalized spacial score (nSPS) is 14.4. The minimum absolute atomic E-state index is 0.326. The van der Waals surface area contributed by atoms with Crippen molar-refractivity contribution in [2.45, 2.75) is 18.2 Å². The number of anilines is 1. The molecule has 3 nitrogen and oxygen atoms in total. The molecule has 4 rings (SSSR count). The molecule has 1 heterocycles. The zero-order valence-corrected chi connectivity index (χ0v) is 14.8. The zero-order chi connectivity index (χ0) is 17.4. The molecule has 0 aromatic heterocycles. The van der Waals surface area contributed by atoms with Crippen molar-refractivity contribution in [1.82, 2.24) is 0 Å². The van der Waals surface area contributed by atoms with Crippen molar-refractivity contribution >= 4 is 26.5 Å². The summed E-state index contributed by atoms with van der Waals surface area (Å²) >= 11 is 0. The van der Waals surface area contributed by atoms with Crippen molar-refractivity contribution in [3.8, 4) is 0 Å². The Balaban J connectivity index is 1.96. The third kappa shape index (κ3) is 2.72. The van der Waals surface area contributed by atoms with Crippen molar-refractivity contribution < 1.29 is 8.42 Å². The lowest BCUT2D eigenvalue weighted by atomic mass is 10.0. The molecule has 25 heavy (non-hydrogen) atoms. The molecule has 0 amide bonds. The Morgan fingerprint density at radius 1 is 0.880 bits per heavy atom. The summed E-state index contributed by atoms with van der Waals surface area (Å²) in [6.07, 6.45) is 4.71. The summed E-state index contributed by atoms with van der Waals surface area (Å²) < 4.78 is 28.2. The molecule has 0 radical (unpaired) electrons. The molecule has 0 bridgehead atoms. The minimum Gasteiger partial charge on any atom is -0.262 e. The van der Waals surface area contributed by atoms with Crippen LogP contribution in [0.15, 0.2) is 77.7 Å². The number of nitrogens with zero attached hydrogens (tertiary/aromatic N) is 1. The SMILES string of the molecule is Cc1ccc(S(=O)(=O)N2CC=CCc3ccc4ccccc4c32)cc1. The maximum absolute atomic E-state index is 13.3. The van der Waals surface area contributed by atoms with Gasteiger partial charge in [0.2, 0.25) is 0 Å².